The minimum atomic E-state index is -0.817. The highest BCUT2D eigenvalue weighted by Gasteiger charge is 2.19. The molecule has 0 fully saturated rings. The van der Waals surface area contributed by atoms with Crippen LogP contribution in [-0.2, 0) is 12.8 Å². The number of hydrogen-bond acceptors (Lipinski definition) is 2. The predicted molar refractivity (Wildman–Crippen MR) is 59.8 cm³/mol. The summed E-state index contributed by atoms with van der Waals surface area (Å²) in [5, 5.41) is 9.49. The van der Waals surface area contributed by atoms with Crippen LogP contribution in [0.2, 0.25) is 0 Å². The Labute approximate surface area is 89.9 Å². The number of phenolic OH excluding ortho intramolecular Hbond substituents is 1. The fraction of sp³-hybridized carbons (Fsp3) is 0.500. The van der Waals surface area contributed by atoms with E-state index in [9.17, 15) is 9.50 Å². The second kappa shape index (κ2) is 4.62. The van der Waals surface area contributed by atoms with Crippen LogP contribution in [0.5, 0.6) is 5.75 Å². The van der Waals surface area contributed by atoms with Gasteiger partial charge in [0.15, 0.2) is 0 Å². The predicted octanol–water partition coefficient (Wildman–Crippen LogP) is 2.18. The van der Waals surface area contributed by atoms with Gasteiger partial charge in [0.2, 0.25) is 0 Å². The lowest BCUT2D eigenvalue weighted by Crippen LogP contribution is -2.40. The number of benzene rings is 1. The first-order valence-corrected chi connectivity index (χ1v) is 5.14. The third-order valence-electron chi connectivity index (χ3n) is 2.44. The van der Waals surface area contributed by atoms with Crippen molar-refractivity contribution in [3.8, 4) is 5.75 Å². The first-order valence-electron chi connectivity index (χ1n) is 5.14. The second-order valence-corrected chi connectivity index (χ2v) is 4.28. The Balaban J connectivity index is 2.87. The summed E-state index contributed by atoms with van der Waals surface area (Å²) in [5.41, 5.74) is 6.76. The summed E-state index contributed by atoms with van der Waals surface area (Å²) in [4.78, 5) is 0. The molecule has 3 heteroatoms. The Morgan fingerprint density at radius 3 is 2.67 bits per heavy atom. The average molecular weight is 211 g/mol. The van der Waals surface area contributed by atoms with Crippen LogP contribution in [0.25, 0.3) is 0 Å². The topological polar surface area (TPSA) is 46.2 Å². The maximum absolute atomic E-state index is 12.5. The Hall–Kier alpha value is -1.09. The van der Waals surface area contributed by atoms with Crippen LogP contribution in [-0.4, -0.2) is 17.3 Å². The van der Waals surface area contributed by atoms with Crippen molar-refractivity contribution in [2.24, 2.45) is 5.73 Å². The van der Waals surface area contributed by atoms with Crippen LogP contribution in [0.1, 0.15) is 25.0 Å². The fourth-order valence-corrected chi connectivity index (χ4v) is 1.55. The van der Waals surface area contributed by atoms with Gasteiger partial charge in [-0.25, -0.2) is 4.39 Å². The molecule has 0 bridgehead atoms. The van der Waals surface area contributed by atoms with E-state index in [0.29, 0.717) is 12.2 Å². The number of aromatic hydroxyl groups is 1. The molecule has 0 saturated heterocycles. The molecule has 1 rings (SSSR count). The van der Waals surface area contributed by atoms with E-state index >= 15 is 0 Å². The Bertz CT molecular complexity index is 336. The molecule has 0 heterocycles. The molecule has 1 unspecified atom stereocenters. The zero-order chi connectivity index (χ0) is 11.5. The van der Waals surface area contributed by atoms with E-state index in [1.807, 2.05) is 13.0 Å². The molecule has 2 nitrogen and oxygen atoms in total. The molecule has 0 aliphatic rings. The number of phenols is 1. The Kier molecular flexibility index (Phi) is 3.69. The maximum atomic E-state index is 12.5. The minimum Gasteiger partial charge on any atom is -0.508 e. The van der Waals surface area contributed by atoms with Crippen molar-refractivity contribution >= 4 is 0 Å². The number of halogens is 1. The van der Waals surface area contributed by atoms with Crippen LogP contribution < -0.4 is 5.73 Å². The molecule has 0 amide bonds. The quantitative estimate of drug-likeness (QED) is 0.801. The van der Waals surface area contributed by atoms with Crippen molar-refractivity contribution in [3.05, 3.63) is 29.3 Å². The molecule has 0 spiro atoms. The zero-order valence-corrected chi connectivity index (χ0v) is 9.26. The van der Waals surface area contributed by atoms with Gasteiger partial charge in [0.25, 0.3) is 0 Å². The van der Waals surface area contributed by atoms with Gasteiger partial charge in [-0.2, -0.15) is 0 Å². The van der Waals surface area contributed by atoms with Gasteiger partial charge < -0.3 is 10.8 Å². The van der Waals surface area contributed by atoms with Gasteiger partial charge in [-0.1, -0.05) is 19.1 Å². The van der Waals surface area contributed by atoms with Crippen LogP contribution in [0.4, 0.5) is 4.39 Å². The summed E-state index contributed by atoms with van der Waals surface area (Å²) < 4.78 is 12.5. The highest BCUT2D eigenvalue weighted by molar-refractivity contribution is 5.36. The number of aryl methyl sites for hydroxylation is 1. The normalized spacial score (nSPS) is 14.9. The van der Waals surface area contributed by atoms with Crippen LogP contribution in [0.15, 0.2) is 18.2 Å². The second-order valence-electron chi connectivity index (χ2n) is 4.28. The molecule has 15 heavy (non-hydrogen) atoms. The summed E-state index contributed by atoms with van der Waals surface area (Å²) in [5.74, 6) is 0.292. The van der Waals surface area contributed by atoms with Crippen molar-refractivity contribution in [2.75, 3.05) is 6.67 Å². The van der Waals surface area contributed by atoms with E-state index in [1.54, 1.807) is 19.1 Å². The molecule has 84 valence electrons. The number of nitrogens with two attached hydrogens (primary N) is 1. The summed E-state index contributed by atoms with van der Waals surface area (Å²) >= 11 is 0. The molecular weight excluding hydrogens is 193 g/mol. The third kappa shape index (κ3) is 3.20. The zero-order valence-electron chi connectivity index (χ0n) is 9.26. The number of alkyl halides is 1. The smallest absolute Gasteiger partial charge is 0.118 e. The van der Waals surface area contributed by atoms with Crippen molar-refractivity contribution < 1.29 is 9.50 Å². The summed E-state index contributed by atoms with van der Waals surface area (Å²) in [6.45, 7) is 3.11. The van der Waals surface area contributed by atoms with Gasteiger partial charge in [-0.15, -0.1) is 0 Å². The van der Waals surface area contributed by atoms with E-state index < -0.39 is 12.2 Å². The standard InChI is InChI=1S/C12H18FNO/c1-3-10-6-9(4-5-11(10)15)7-12(2,14)8-13/h4-6,15H,3,7-8,14H2,1-2H3. The van der Waals surface area contributed by atoms with Gasteiger partial charge in [0.05, 0.1) is 0 Å². The maximum Gasteiger partial charge on any atom is 0.118 e. The van der Waals surface area contributed by atoms with Gasteiger partial charge >= 0.3 is 0 Å². The van der Waals surface area contributed by atoms with E-state index in [-0.39, 0.29) is 0 Å². The van der Waals surface area contributed by atoms with Crippen molar-refractivity contribution in [1.29, 1.82) is 0 Å². The van der Waals surface area contributed by atoms with E-state index in [4.69, 9.17) is 5.73 Å². The van der Waals surface area contributed by atoms with Crippen LogP contribution in [0.3, 0.4) is 0 Å². The first kappa shape index (κ1) is 12.0. The van der Waals surface area contributed by atoms with Gasteiger partial charge in [-0.05, 0) is 37.0 Å². The molecule has 0 radical (unpaired) electrons. The molecule has 0 aliphatic heterocycles. The minimum absolute atomic E-state index is 0.292. The fourth-order valence-electron chi connectivity index (χ4n) is 1.55. The highest BCUT2D eigenvalue weighted by Crippen LogP contribution is 2.21. The Morgan fingerprint density at radius 1 is 1.47 bits per heavy atom. The van der Waals surface area contributed by atoms with Crippen LogP contribution in [0, 0.1) is 0 Å². The summed E-state index contributed by atoms with van der Waals surface area (Å²) in [7, 11) is 0. The SMILES string of the molecule is CCc1cc(CC(C)(N)CF)ccc1O. The van der Waals surface area contributed by atoms with E-state index in [1.165, 1.54) is 0 Å². The largest absolute Gasteiger partial charge is 0.508 e. The lowest BCUT2D eigenvalue weighted by Gasteiger charge is -2.20. The molecule has 1 aromatic rings. The van der Waals surface area contributed by atoms with Gasteiger partial charge in [0, 0.05) is 5.54 Å². The third-order valence-corrected chi connectivity index (χ3v) is 2.44. The Morgan fingerprint density at radius 2 is 2.13 bits per heavy atom. The highest BCUT2D eigenvalue weighted by atomic mass is 19.1. The number of rotatable bonds is 4. The molecule has 1 atom stereocenters. The van der Waals surface area contributed by atoms with Gasteiger partial charge in [0.1, 0.15) is 12.4 Å². The monoisotopic (exact) mass is 211 g/mol. The summed E-state index contributed by atoms with van der Waals surface area (Å²) in [6, 6.07) is 5.31. The van der Waals surface area contributed by atoms with Crippen molar-refractivity contribution in [1.82, 2.24) is 0 Å². The first-order chi connectivity index (χ1) is 6.98. The number of hydrogen-bond donors (Lipinski definition) is 2. The molecule has 0 saturated carbocycles. The molecular formula is C12H18FNO. The molecule has 1 aromatic carbocycles. The lowest BCUT2D eigenvalue weighted by atomic mass is 9.94. The van der Waals surface area contributed by atoms with Gasteiger partial charge in [-0.3, -0.25) is 0 Å². The van der Waals surface area contributed by atoms with E-state index in [2.05, 4.69) is 0 Å². The van der Waals surface area contributed by atoms with Crippen LogP contribution >= 0.6 is 0 Å². The summed E-state index contributed by atoms with van der Waals surface area (Å²) in [6.07, 6.45) is 1.24. The van der Waals surface area contributed by atoms with Crippen molar-refractivity contribution in [3.63, 3.8) is 0 Å². The average Bonchev–Trinajstić information content (AvgIpc) is 2.20. The molecule has 3 N–H and O–H groups in total. The van der Waals surface area contributed by atoms with E-state index in [0.717, 1.165) is 17.5 Å². The molecule has 0 aliphatic carbocycles. The lowest BCUT2D eigenvalue weighted by molar-refractivity contribution is 0.327. The molecule has 0 aromatic heterocycles. The van der Waals surface area contributed by atoms with Crippen molar-refractivity contribution in [2.45, 2.75) is 32.2 Å².